The second kappa shape index (κ2) is 9.45. The standard InChI is InChI=1S/C20H20F2N4O4S2/c21-15-3-2-14(12-16(15)22)32(28,29)23-6-5-19(27)24-13-1-4-17-18(11-13)31-20(25-17)26-7-9-30-10-8-26/h1-4,11-12,23H,5-10H2,(H,24,27). The van der Waals surface area contributed by atoms with E-state index in [1.807, 2.05) is 12.1 Å². The van der Waals surface area contributed by atoms with Crippen LogP contribution in [0.1, 0.15) is 6.42 Å². The average molecular weight is 483 g/mol. The summed E-state index contributed by atoms with van der Waals surface area (Å²) >= 11 is 1.53. The van der Waals surface area contributed by atoms with E-state index >= 15 is 0 Å². The van der Waals surface area contributed by atoms with E-state index in [-0.39, 0.29) is 13.0 Å². The van der Waals surface area contributed by atoms with Gasteiger partial charge in [-0.3, -0.25) is 4.79 Å². The van der Waals surface area contributed by atoms with Gasteiger partial charge in [-0.15, -0.1) is 0 Å². The number of hydrogen-bond donors (Lipinski definition) is 2. The minimum Gasteiger partial charge on any atom is -0.378 e. The van der Waals surface area contributed by atoms with Crippen molar-refractivity contribution in [1.29, 1.82) is 0 Å². The van der Waals surface area contributed by atoms with Gasteiger partial charge in [0, 0.05) is 31.7 Å². The summed E-state index contributed by atoms with van der Waals surface area (Å²) in [5.41, 5.74) is 1.40. The van der Waals surface area contributed by atoms with E-state index in [1.165, 1.54) is 11.3 Å². The number of rotatable bonds is 7. The van der Waals surface area contributed by atoms with Crippen molar-refractivity contribution in [2.75, 3.05) is 43.1 Å². The number of halogens is 2. The second-order valence-electron chi connectivity index (χ2n) is 7.05. The molecule has 0 spiro atoms. The van der Waals surface area contributed by atoms with Crippen molar-refractivity contribution < 1.29 is 26.7 Å². The number of benzene rings is 2. The Balaban J connectivity index is 1.33. The number of sulfonamides is 1. The van der Waals surface area contributed by atoms with Crippen LogP contribution in [0.5, 0.6) is 0 Å². The number of nitrogens with zero attached hydrogens (tertiary/aromatic N) is 2. The third-order valence-corrected chi connectivity index (χ3v) is 7.33. The van der Waals surface area contributed by atoms with Gasteiger partial charge in [-0.2, -0.15) is 0 Å². The van der Waals surface area contributed by atoms with Crippen LogP contribution in [0.25, 0.3) is 10.2 Å². The molecule has 1 saturated heterocycles. The van der Waals surface area contributed by atoms with E-state index in [4.69, 9.17) is 4.74 Å². The van der Waals surface area contributed by atoms with Crippen molar-refractivity contribution in [3.63, 3.8) is 0 Å². The molecule has 4 rings (SSSR count). The highest BCUT2D eigenvalue weighted by molar-refractivity contribution is 7.89. The highest BCUT2D eigenvalue weighted by Crippen LogP contribution is 2.31. The molecule has 1 aromatic heterocycles. The SMILES string of the molecule is O=C(CCNS(=O)(=O)c1ccc(F)c(F)c1)Nc1ccc2nc(N3CCOCC3)sc2c1. The lowest BCUT2D eigenvalue weighted by molar-refractivity contribution is -0.116. The van der Waals surface area contributed by atoms with Gasteiger partial charge in [0.1, 0.15) is 0 Å². The topological polar surface area (TPSA) is 101 Å². The number of hydrogen-bond acceptors (Lipinski definition) is 7. The molecular formula is C20H20F2N4O4S2. The van der Waals surface area contributed by atoms with E-state index in [0.29, 0.717) is 25.0 Å². The molecule has 2 aromatic carbocycles. The Morgan fingerprint density at radius 2 is 1.91 bits per heavy atom. The van der Waals surface area contributed by atoms with Gasteiger partial charge in [0.05, 0.1) is 28.3 Å². The molecule has 8 nitrogen and oxygen atoms in total. The predicted octanol–water partition coefficient (Wildman–Crippen LogP) is 2.72. The largest absolute Gasteiger partial charge is 0.378 e. The third-order valence-electron chi connectivity index (χ3n) is 4.79. The molecule has 1 fully saturated rings. The molecule has 2 heterocycles. The minimum atomic E-state index is -4.06. The first kappa shape index (κ1) is 22.5. The van der Waals surface area contributed by atoms with Crippen LogP contribution in [-0.4, -0.2) is 52.2 Å². The number of ether oxygens (including phenoxy) is 1. The van der Waals surface area contributed by atoms with Crippen molar-refractivity contribution in [3.8, 4) is 0 Å². The maximum absolute atomic E-state index is 13.3. The Labute approximate surface area is 187 Å². The van der Waals surface area contributed by atoms with Crippen LogP contribution in [0.15, 0.2) is 41.3 Å². The smallest absolute Gasteiger partial charge is 0.240 e. The maximum atomic E-state index is 13.3. The lowest BCUT2D eigenvalue weighted by Crippen LogP contribution is -2.36. The number of thiazole rings is 1. The fraction of sp³-hybridized carbons (Fsp3) is 0.300. The zero-order valence-corrected chi connectivity index (χ0v) is 18.4. The lowest BCUT2D eigenvalue weighted by Gasteiger charge is -2.25. The van der Waals surface area contributed by atoms with Gasteiger partial charge >= 0.3 is 0 Å². The van der Waals surface area contributed by atoms with Crippen LogP contribution in [-0.2, 0) is 19.6 Å². The molecule has 2 N–H and O–H groups in total. The first-order valence-electron chi connectivity index (χ1n) is 9.80. The summed E-state index contributed by atoms with van der Waals surface area (Å²) in [7, 11) is -4.06. The van der Waals surface area contributed by atoms with Crippen LogP contribution in [0.2, 0.25) is 0 Å². The van der Waals surface area contributed by atoms with Crippen molar-refractivity contribution in [2.45, 2.75) is 11.3 Å². The summed E-state index contributed by atoms with van der Waals surface area (Å²) in [5.74, 6) is -2.80. The van der Waals surface area contributed by atoms with E-state index in [0.717, 1.165) is 40.6 Å². The van der Waals surface area contributed by atoms with Gasteiger partial charge in [0.25, 0.3) is 0 Å². The van der Waals surface area contributed by atoms with Crippen molar-refractivity contribution in [3.05, 3.63) is 48.0 Å². The van der Waals surface area contributed by atoms with E-state index < -0.39 is 32.5 Å². The van der Waals surface area contributed by atoms with Crippen LogP contribution in [0.3, 0.4) is 0 Å². The number of aromatic nitrogens is 1. The Morgan fingerprint density at radius 1 is 1.12 bits per heavy atom. The monoisotopic (exact) mass is 482 g/mol. The Morgan fingerprint density at radius 3 is 2.66 bits per heavy atom. The molecule has 1 aliphatic rings. The predicted molar refractivity (Wildman–Crippen MR) is 117 cm³/mol. The summed E-state index contributed by atoms with van der Waals surface area (Å²) in [4.78, 5) is 18.6. The summed E-state index contributed by atoms with van der Waals surface area (Å²) in [6, 6.07) is 7.64. The molecule has 32 heavy (non-hydrogen) atoms. The highest BCUT2D eigenvalue weighted by atomic mass is 32.2. The summed E-state index contributed by atoms with van der Waals surface area (Å²) in [6.07, 6.45) is -0.136. The molecule has 0 radical (unpaired) electrons. The molecule has 1 amide bonds. The van der Waals surface area contributed by atoms with Gasteiger partial charge in [-0.25, -0.2) is 26.9 Å². The van der Waals surface area contributed by atoms with E-state index in [1.54, 1.807) is 6.07 Å². The zero-order valence-electron chi connectivity index (χ0n) is 16.8. The van der Waals surface area contributed by atoms with Gasteiger partial charge in [-0.1, -0.05) is 11.3 Å². The van der Waals surface area contributed by atoms with Gasteiger partial charge in [0.15, 0.2) is 16.8 Å². The second-order valence-corrected chi connectivity index (χ2v) is 9.83. The Kier molecular flexibility index (Phi) is 6.65. The lowest BCUT2D eigenvalue weighted by atomic mass is 10.3. The maximum Gasteiger partial charge on any atom is 0.240 e. The average Bonchev–Trinajstić information content (AvgIpc) is 3.19. The zero-order chi connectivity index (χ0) is 22.7. The fourth-order valence-electron chi connectivity index (χ4n) is 3.13. The van der Waals surface area contributed by atoms with Crippen molar-refractivity contribution in [2.24, 2.45) is 0 Å². The van der Waals surface area contributed by atoms with Crippen LogP contribution in [0.4, 0.5) is 19.6 Å². The number of fused-ring (bicyclic) bond motifs is 1. The quantitative estimate of drug-likeness (QED) is 0.537. The minimum absolute atomic E-state index is 0.136. The van der Waals surface area contributed by atoms with E-state index in [2.05, 4.69) is 19.9 Å². The number of nitrogens with one attached hydrogen (secondary N) is 2. The molecule has 0 unspecified atom stereocenters. The molecule has 0 bridgehead atoms. The number of anilines is 2. The highest BCUT2D eigenvalue weighted by Gasteiger charge is 2.18. The van der Waals surface area contributed by atoms with Crippen LogP contribution >= 0.6 is 11.3 Å². The molecular weight excluding hydrogens is 462 g/mol. The molecule has 0 aliphatic carbocycles. The van der Waals surface area contributed by atoms with Gasteiger partial charge in [0.2, 0.25) is 15.9 Å². The number of amides is 1. The first-order valence-corrected chi connectivity index (χ1v) is 12.1. The van der Waals surface area contributed by atoms with Crippen LogP contribution < -0.4 is 14.9 Å². The Hall–Kier alpha value is -2.67. The summed E-state index contributed by atoms with van der Waals surface area (Å²) in [5, 5.41) is 3.63. The number of carbonyl (C=O) groups excluding carboxylic acids is 1. The molecule has 1 aliphatic heterocycles. The normalized spacial score (nSPS) is 14.6. The van der Waals surface area contributed by atoms with Crippen LogP contribution in [0, 0.1) is 11.6 Å². The molecule has 0 saturated carbocycles. The van der Waals surface area contributed by atoms with Crippen molar-refractivity contribution in [1.82, 2.24) is 9.71 Å². The molecule has 12 heteroatoms. The van der Waals surface area contributed by atoms with Crippen molar-refractivity contribution >= 4 is 48.3 Å². The summed E-state index contributed by atoms with van der Waals surface area (Å²) in [6.45, 7) is 2.69. The number of morpholine rings is 1. The summed E-state index contributed by atoms with van der Waals surface area (Å²) < 4.78 is 59.1. The molecule has 3 aromatic rings. The molecule has 0 atom stereocenters. The Bertz CT molecular complexity index is 1240. The molecule has 170 valence electrons. The van der Waals surface area contributed by atoms with Gasteiger partial charge < -0.3 is 15.0 Å². The first-order chi connectivity index (χ1) is 15.3. The van der Waals surface area contributed by atoms with Gasteiger partial charge in [-0.05, 0) is 36.4 Å². The number of carbonyl (C=O) groups is 1. The van der Waals surface area contributed by atoms with E-state index in [9.17, 15) is 22.0 Å². The third kappa shape index (κ3) is 5.21. The fourth-order valence-corrected chi connectivity index (χ4v) is 5.23.